The van der Waals surface area contributed by atoms with Gasteiger partial charge in [0.05, 0.1) is 6.61 Å². The summed E-state index contributed by atoms with van der Waals surface area (Å²) < 4.78 is 10.9. The van der Waals surface area contributed by atoms with Crippen LogP contribution < -0.4 is 10.5 Å². The molecule has 2 aromatic carbocycles. The van der Waals surface area contributed by atoms with Crippen molar-refractivity contribution in [2.45, 2.75) is 13.2 Å². The molecule has 2 N–H and O–H groups in total. The Morgan fingerprint density at radius 1 is 0.944 bits per heavy atom. The number of rotatable bonds is 5. The molecule has 0 bridgehead atoms. The van der Waals surface area contributed by atoms with Crippen molar-refractivity contribution in [1.82, 2.24) is 0 Å². The van der Waals surface area contributed by atoms with Crippen molar-refractivity contribution in [2.24, 2.45) is 5.73 Å². The van der Waals surface area contributed by atoms with Gasteiger partial charge in [0.25, 0.3) is 0 Å². The molecule has 2 aromatic rings. The van der Waals surface area contributed by atoms with Crippen molar-refractivity contribution < 1.29 is 9.47 Å². The van der Waals surface area contributed by atoms with Gasteiger partial charge in [-0.05, 0) is 35.4 Å². The number of hydrogen-bond acceptors (Lipinski definition) is 3. The molecule has 2 rings (SSSR count). The highest BCUT2D eigenvalue weighted by Crippen LogP contribution is 2.23. The second kappa shape index (κ2) is 6.19. The van der Waals surface area contributed by atoms with Gasteiger partial charge in [-0.3, -0.25) is 0 Å². The molecule has 0 saturated heterocycles. The number of benzene rings is 2. The van der Waals surface area contributed by atoms with E-state index in [0.29, 0.717) is 13.2 Å². The first-order chi connectivity index (χ1) is 8.81. The van der Waals surface area contributed by atoms with E-state index in [2.05, 4.69) is 0 Å². The lowest BCUT2D eigenvalue weighted by Gasteiger charge is -2.08. The molecule has 0 aliphatic heterocycles. The second-order valence-electron chi connectivity index (χ2n) is 4.03. The lowest BCUT2D eigenvalue weighted by Crippen LogP contribution is -1.96. The van der Waals surface area contributed by atoms with Gasteiger partial charge < -0.3 is 15.2 Å². The van der Waals surface area contributed by atoms with Crippen LogP contribution in [0.15, 0.2) is 48.5 Å². The van der Waals surface area contributed by atoms with Crippen LogP contribution in [0, 0.1) is 0 Å². The Bertz CT molecular complexity index is 511. The van der Waals surface area contributed by atoms with Crippen LogP contribution in [0.25, 0.3) is 0 Å². The third kappa shape index (κ3) is 3.32. The lowest BCUT2D eigenvalue weighted by molar-refractivity contribution is 0.184. The van der Waals surface area contributed by atoms with Crippen molar-refractivity contribution in [3.05, 3.63) is 59.7 Å². The Kier molecular flexibility index (Phi) is 4.34. The predicted octanol–water partition coefficient (Wildman–Crippen LogP) is 3.08. The number of ether oxygens (including phenoxy) is 2. The van der Waals surface area contributed by atoms with E-state index in [9.17, 15) is 0 Å². The quantitative estimate of drug-likeness (QED) is 0.877. The van der Waals surface area contributed by atoms with Crippen LogP contribution in [0.4, 0.5) is 0 Å². The van der Waals surface area contributed by atoms with Crippen LogP contribution >= 0.6 is 0 Å². The van der Waals surface area contributed by atoms with Crippen molar-refractivity contribution in [3.63, 3.8) is 0 Å². The van der Waals surface area contributed by atoms with Crippen LogP contribution in [0.5, 0.6) is 11.5 Å². The molecule has 0 amide bonds. The molecule has 0 aromatic heterocycles. The van der Waals surface area contributed by atoms with E-state index in [0.717, 1.165) is 22.6 Å². The van der Waals surface area contributed by atoms with Gasteiger partial charge in [-0.1, -0.05) is 24.3 Å². The smallest absolute Gasteiger partial charge is 0.127 e. The van der Waals surface area contributed by atoms with Crippen LogP contribution in [0.1, 0.15) is 11.1 Å². The summed E-state index contributed by atoms with van der Waals surface area (Å²) >= 11 is 0. The minimum absolute atomic E-state index is 0.515. The van der Waals surface area contributed by atoms with Crippen LogP contribution in [0.3, 0.4) is 0 Å². The highest BCUT2D eigenvalue weighted by Gasteiger charge is 2.00. The van der Waals surface area contributed by atoms with Crippen LogP contribution in [-0.2, 0) is 17.9 Å². The molecule has 0 heterocycles. The fourth-order valence-electron chi connectivity index (χ4n) is 1.74. The molecular formula is C15H17NO2. The molecular weight excluding hydrogens is 226 g/mol. The van der Waals surface area contributed by atoms with E-state index in [1.54, 1.807) is 7.11 Å². The Balaban J connectivity index is 2.14. The molecule has 0 atom stereocenters. The maximum absolute atomic E-state index is 5.80. The van der Waals surface area contributed by atoms with Crippen LogP contribution in [0.2, 0.25) is 0 Å². The minimum atomic E-state index is 0.515. The molecule has 94 valence electrons. The van der Waals surface area contributed by atoms with E-state index < -0.39 is 0 Å². The zero-order valence-corrected chi connectivity index (χ0v) is 10.4. The highest BCUT2D eigenvalue weighted by atomic mass is 16.5. The van der Waals surface area contributed by atoms with Crippen molar-refractivity contribution in [3.8, 4) is 11.5 Å². The average Bonchev–Trinajstić information content (AvgIpc) is 2.40. The summed E-state index contributed by atoms with van der Waals surface area (Å²) in [5.74, 6) is 1.60. The topological polar surface area (TPSA) is 44.5 Å². The third-order valence-corrected chi connectivity index (χ3v) is 2.58. The van der Waals surface area contributed by atoms with Gasteiger partial charge in [-0.25, -0.2) is 0 Å². The summed E-state index contributed by atoms with van der Waals surface area (Å²) in [6.07, 6.45) is 0. The van der Waals surface area contributed by atoms with E-state index in [1.165, 1.54) is 0 Å². The van der Waals surface area contributed by atoms with Gasteiger partial charge >= 0.3 is 0 Å². The molecule has 18 heavy (non-hydrogen) atoms. The monoisotopic (exact) mass is 243 g/mol. The number of hydrogen-bond donors (Lipinski definition) is 1. The highest BCUT2D eigenvalue weighted by molar-refractivity contribution is 5.35. The molecule has 0 spiro atoms. The molecule has 0 aliphatic rings. The SMILES string of the molecule is COCc1cccc(Oc2cccc(CN)c2)c1. The first-order valence-corrected chi connectivity index (χ1v) is 5.86. The molecule has 0 radical (unpaired) electrons. The van der Waals surface area contributed by atoms with Gasteiger partial charge in [0, 0.05) is 13.7 Å². The third-order valence-electron chi connectivity index (χ3n) is 2.58. The fourth-order valence-corrected chi connectivity index (χ4v) is 1.74. The summed E-state index contributed by atoms with van der Waals surface area (Å²) in [6.45, 7) is 1.10. The maximum atomic E-state index is 5.80. The molecule has 3 nitrogen and oxygen atoms in total. The second-order valence-corrected chi connectivity index (χ2v) is 4.03. The Hall–Kier alpha value is -1.84. The summed E-state index contributed by atoms with van der Waals surface area (Å²) in [5, 5.41) is 0. The number of nitrogens with two attached hydrogens (primary N) is 1. The van der Waals surface area contributed by atoms with Crippen LogP contribution in [-0.4, -0.2) is 7.11 Å². The van der Waals surface area contributed by atoms with Crippen molar-refractivity contribution in [1.29, 1.82) is 0 Å². The van der Waals surface area contributed by atoms with Gasteiger partial charge in [0.2, 0.25) is 0 Å². The largest absolute Gasteiger partial charge is 0.457 e. The van der Waals surface area contributed by atoms with Crippen molar-refractivity contribution in [2.75, 3.05) is 7.11 Å². The van der Waals surface area contributed by atoms with Crippen molar-refractivity contribution >= 4 is 0 Å². The van der Waals surface area contributed by atoms with E-state index >= 15 is 0 Å². The Morgan fingerprint density at radius 3 is 2.17 bits per heavy atom. The van der Waals surface area contributed by atoms with Gasteiger partial charge in [0.15, 0.2) is 0 Å². The zero-order valence-electron chi connectivity index (χ0n) is 10.4. The first kappa shape index (κ1) is 12.6. The zero-order chi connectivity index (χ0) is 12.8. The minimum Gasteiger partial charge on any atom is -0.457 e. The van der Waals surface area contributed by atoms with Gasteiger partial charge in [-0.15, -0.1) is 0 Å². The first-order valence-electron chi connectivity index (χ1n) is 5.86. The fraction of sp³-hybridized carbons (Fsp3) is 0.200. The lowest BCUT2D eigenvalue weighted by atomic mass is 10.2. The molecule has 0 saturated carbocycles. The summed E-state index contributed by atoms with van der Waals surface area (Å²) in [5.41, 5.74) is 7.75. The standard InChI is InChI=1S/C15H17NO2/c1-17-11-13-5-3-7-15(9-13)18-14-6-2-4-12(8-14)10-16/h2-9H,10-11,16H2,1H3. The number of methoxy groups -OCH3 is 1. The molecule has 0 aliphatic carbocycles. The molecule has 0 unspecified atom stereocenters. The van der Waals surface area contributed by atoms with E-state index in [1.807, 2.05) is 48.5 Å². The van der Waals surface area contributed by atoms with E-state index in [-0.39, 0.29) is 0 Å². The summed E-state index contributed by atoms with van der Waals surface area (Å²) in [4.78, 5) is 0. The Morgan fingerprint density at radius 2 is 1.56 bits per heavy atom. The normalized spacial score (nSPS) is 10.3. The maximum Gasteiger partial charge on any atom is 0.127 e. The average molecular weight is 243 g/mol. The molecule has 3 heteroatoms. The predicted molar refractivity (Wildman–Crippen MR) is 71.6 cm³/mol. The summed E-state index contributed by atoms with van der Waals surface area (Å²) in [7, 11) is 1.68. The van der Waals surface area contributed by atoms with E-state index in [4.69, 9.17) is 15.2 Å². The molecule has 0 fully saturated rings. The van der Waals surface area contributed by atoms with Gasteiger partial charge in [-0.2, -0.15) is 0 Å². The summed E-state index contributed by atoms with van der Waals surface area (Å²) in [6, 6.07) is 15.6. The Labute approximate surface area is 107 Å². The van der Waals surface area contributed by atoms with Gasteiger partial charge in [0.1, 0.15) is 11.5 Å².